The maximum absolute atomic E-state index is 12.9. The van der Waals surface area contributed by atoms with Crippen LogP contribution >= 0.6 is 0 Å². The van der Waals surface area contributed by atoms with Gasteiger partial charge in [-0.2, -0.15) is 26.3 Å². The SMILES string of the molecule is O=C(Cc1cc(C(F)(F)F)cc(C(F)(F)F)c1)N[C@@H](CC[S@](=O)c1ccccc1)C(=O)O. The van der Waals surface area contributed by atoms with Crippen LogP contribution in [0.25, 0.3) is 0 Å². The first-order valence-corrected chi connectivity index (χ1v) is 10.3. The van der Waals surface area contributed by atoms with Gasteiger partial charge in [0.1, 0.15) is 6.04 Å². The summed E-state index contributed by atoms with van der Waals surface area (Å²) in [6.07, 6.45) is -11.3. The van der Waals surface area contributed by atoms with Gasteiger partial charge in [0.2, 0.25) is 5.91 Å². The number of carbonyl (C=O) groups excluding carboxylic acids is 1. The number of amides is 1. The van der Waals surface area contributed by atoms with Gasteiger partial charge >= 0.3 is 18.3 Å². The summed E-state index contributed by atoms with van der Waals surface area (Å²) in [5.41, 5.74) is -3.74. The van der Waals surface area contributed by atoms with Crippen LogP contribution in [-0.2, 0) is 39.2 Å². The molecule has 0 aliphatic rings. The Balaban J connectivity index is 2.11. The van der Waals surface area contributed by atoms with Crippen LogP contribution in [0.5, 0.6) is 0 Å². The Labute approximate surface area is 180 Å². The second-order valence-corrected chi connectivity index (χ2v) is 8.27. The standard InChI is InChI=1S/C20H17F6NO4S/c21-19(22,23)13-8-12(9-14(11-13)20(24,25)26)10-17(28)27-16(18(29)30)6-7-32(31)15-4-2-1-3-5-15/h1-5,8-9,11,16H,6-7,10H2,(H,27,28)(H,29,30)/t16-,32-/m0/s1. The molecule has 32 heavy (non-hydrogen) atoms. The third kappa shape index (κ3) is 7.36. The molecule has 0 saturated carbocycles. The van der Waals surface area contributed by atoms with Crippen molar-refractivity contribution in [1.82, 2.24) is 5.32 Å². The lowest BCUT2D eigenvalue weighted by Crippen LogP contribution is -2.42. The summed E-state index contributed by atoms with van der Waals surface area (Å²) in [5, 5.41) is 11.3. The Hall–Kier alpha value is -2.89. The van der Waals surface area contributed by atoms with Crippen LogP contribution in [0.2, 0.25) is 0 Å². The highest BCUT2D eigenvalue weighted by Crippen LogP contribution is 2.36. The van der Waals surface area contributed by atoms with Crippen LogP contribution in [0.3, 0.4) is 0 Å². The predicted molar refractivity (Wildman–Crippen MR) is 102 cm³/mol. The minimum atomic E-state index is -5.07. The van der Waals surface area contributed by atoms with Gasteiger partial charge < -0.3 is 10.4 Å². The van der Waals surface area contributed by atoms with E-state index in [0.717, 1.165) is 0 Å². The van der Waals surface area contributed by atoms with Crippen molar-refractivity contribution in [3.8, 4) is 0 Å². The molecule has 0 aliphatic heterocycles. The number of hydrogen-bond acceptors (Lipinski definition) is 3. The second kappa shape index (κ2) is 10.2. The smallest absolute Gasteiger partial charge is 0.416 e. The Morgan fingerprint density at radius 2 is 1.47 bits per heavy atom. The molecule has 2 atom stereocenters. The lowest BCUT2D eigenvalue weighted by molar-refractivity contribution is -0.143. The van der Waals surface area contributed by atoms with E-state index in [1.807, 2.05) is 0 Å². The van der Waals surface area contributed by atoms with Crippen molar-refractivity contribution < 1.29 is 45.2 Å². The quantitative estimate of drug-likeness (QED) is 0.558. The average Bonchev–Trinajstić information content (AvgIpc) is 2.69. The van der Waals surface area contributed by atoms with Crippen molar-refractivity contribution >= 4 is 22.7 Å². The number of carboxylic acids is 1. The maximum Gasteiger partial charge on any atom is 0.416 e. The lowest BCUT2D eigenvalue weighted by atomic mass is 10.0. The second-order valence-electron chi connectivity index (χ2n) is 6.70. The molecule has 2 aromatic carbocycles. The molecular weight excluding hydrogens is 464 g/mol. The zero-order valence-electron chi connectivity index (χ0n) is 16.2. The molecule has 0 fully saturated rings. The molecule has 2 aromatic rings. The summed E-state index contributed by atoms with van der Waals surface area (Å²) >= 11 is 0. The average molecular weight is 481 g/mol. The van der Waals surface area contributed by atoms with Crippen molar-refractivity contribution in [2.24, 2.45) is 0 Å². The van der Waals surface area contributed by atoms with Gasteiger partial charge in [0.25, 0.3) is 0 Å². The van der Waals surface area contributed by atoms with E-state index < -0.39 is 64.2 Å². The van der Waals surface area contributed by atoms with Crippen LogP contribution in [-0.4, -0.2) is 33.0 Å². The zero-order chi connectivity index (χ0) is 24.1. The molecule has 0 unspecified atom stereocenters. The summed E-state index contributed by atoms with van der Waals surface area (Å²) in [5.74, 6) is -2.71. The number of benzene rings is 2. The summed E-state index contributed by atoms with van der Waals surface area (Å²) in [4.78, 5) is 24.0. The highest BCUT2D eigenvalue weighted by molar-refractivity contribution is 7.85. The van der Waals surface area contributed by atoms with Gasteiger partial charge in [-0.25, -0.2) is 4.79 Å². The third-order valence-electron chi connectivity index (χ3n) is 4.24. The molecule has 2 N–H and O–H groups in total. The van der Waals surface area contributed by atoms with Crippen molar-refractivity contribution in [3.05, 3.63) is 65.2 Å². The fraction of sp³-hybridized carbons (Fsp3) is 0.300. The van der Waals surface area contributed by atoms with Crippen molar-refractivity contribution in [1.29, 1.82) is 0 Å². The first-order valence-electron chi connectivity index (χ1n) is 9.01. The highest BCUT2D eigenvalue weighted by Gasteiger charge is 2.37. The number of nitrogens with one attached hydrogen (secondary N) is 1. The lowest BCUT2D eigenvalue weighted by Gasteiger charge is -2.16. The molecule has 174 valence electrons. The monoisotopic (exact) mass is 481 g/mol. The number of hydrogen-bond donors (Lipinski definition) is 2. The highest BCUT2D eigenvalue weighted by atomic mass is 32.2. The van der Waals surface area contributed by atoms with Gasteiger partial charge in [-0.3, -0.25) is 9.00 Å². The summed E-state index contributed by atoms with van der Waals surface area (Å²) in [7, 11) is -1.56. The topological polar surface area (TPSA) is 83.5 Å². The number of halogens is 6. The van der Waals surface area contributed by atoms with Crippen LogP contribution < -0.4 is 5.32 Å². The fourth-order valence-electron chi connectivity index (χ4n) is 2.72. The Bertz CT molecular complexity index is 960. The Kier molecular flexibility index (Phi) is 8.05. The number of alkyl halides is 6. The minimum Gasteiger partial charge on any atom is -0.480 e. The van der Waals surface area contributed by atoms with Crippen LogP contribution in [0, 0.1) is 0 Å². The molecule has 2 rings (SSSR count). The Morgan fingerprint density at radius 3 is 1.94 bits per heavy atom. The number of aliphatic carboxylic acids is 1. The summed E-state index contributed by atoms with van der Waals surface area (Å²) in [6.45, 7) is 0. The zero-order valence-corrected chi connectivity index (χ0v) is 17.0. The van der Waals surface area contributed by atoms with E-state index >= 15 is 0 Å². The first kappa shape index (κ1) is 25.4. The van der Waals surface area contributed by atoms with E-state index in [0.29, 0.717) is 17.0 Å². The summed E-state index contributed by atoms with van der Waals surface area (Å²) < 4.78 is 89.8. The van der Waals surface area contributed by atoms with Crippen LogP contribution in [0.1, 0.15) is 23.1 Å². The van der Waals surface area contributed by atoms with Gasteiger partial charge in [-0.05, 0) is 42.3 Å². The molecule has 0 heterocycles. The van der Waals surface area contributed by atoms with E-state index in [4.69, 9.17) is 0 Å². The van der Waals surface area contributed by atoms with Crippen LogP contribution in [0.15, 0.2) is 53.4 Å². The van der Waals surface area contributed by atoms with Gasteiger partial charge in [-0.15, -0.1) is 0 Å². The normalized spacial score (nSPS) is 13.9. The predicted octanol–water partition coefficient (Wildman–Crippen LogP) is 4.03. The molecule has 0 aliphatic carbocycles. The van der Waals surface area contributed by atoms with Gasteiger partial charge in [0.05, 0.1) is 28.3 Å². The van der Waals surface area contributed by atoms with E-state index in [2.05, 4.69) is 5.32 Å². The summed E-state index contributed by atoms with van der Waals surface area (Å²) in [6, 6.07) is 7.29. The van der Waals surface area contributed by atoms with Crippen LogP contribution in [0.4, 0.5) is 26.3 Å². The molecule has 0 saturated heterocycles. The molecular formula is C20H17F6NO4S. The first-order chi connectivity index (χ1) is 14.8. The van der Waals surface area contributed by atoms with Gasteiger partial charge in [0.15, 0.2) is 0 Å². The molecule has 0 radical (unpaired) electrons. The molecule has 0 spiro atoms. The number of rotatable bonds is 8. The van der Waals surface area contributed by atoms with Crippen molar-refractivity contribution in [2.45, 2.75) is 36.1 Å². The molecule has 1 amide bonds. The molecule has 5 nitrogen and oxygen atoms in total. The molecule has 0 bridgehead atoms. The van der Waals surface area contributed by atoms with Gasteiger partial charge in [0, 0.05) is 10.6 Å². The Morgan fingerprint density at radius 1 is 0.938 bits per heavy atom. The van der Waals surface area contributed by atoms with E-state index in [1.54, 1.807) is 30.3 Å². The van der Waals surface area contributed by atoms with E-state index in [9.17, 15) is 45.2 Å². The van der Waals surface area contributed by atoms with Crippen molar-refractivity contribution in [2.75, 3.05) is 5.75 Å². The van der Waals surface area contributed by atoms with E-state index in [-0.39, 0.29) is 18.2 Å². The number of carboxylic acid groups (broad SMARTS) is 1. The fourth-order valence-corrected chi connectivity index (χ4v) is 3.87. The van der Waals surface area contributed by atoms with E-state index in [1.165, 1.54) is 0 Å². The van der Waals surface area contributed by atoms with Gasteiger partial charge in [-0.1, -0.05) is 18.2 Å². The molecule has 0 aromatic heterocycles. The number of carbonyl (C=O) groups is 2. The maximum atomic E-state index is 12.9. The largest absolute Gasteiger partial charge is 0.480 e. The minimum absolute atomic E-state index is 0.0691. The molecule has 12 heteroatoms. The third-order valence-corrected chi connectivity index (χ3v) is 5.65. The van der Waals surface area contributed by atoms with Crippen molar-refractivity contribution in [3.63, 3.8) is 0 Å².